The van der Waals surface area contributed by atoms with Gasteiger partial charge in [0.1, 0.15) is 0 Å². The zero-order chi connectivity index (χ0) is 14.3. The number of methoxy groups -OCH3 is 1. The first-order valence-electron chi connectivity index (χ1n) is 5.43. The number of pyridine rings is 1. The highest BCUT2D eigenvalue weighted by molar-refractivity contribution is 5.82. The van der Waals surface area contributed by atoms with E-state index in [1.807, 2.05) is 0 Å². The van der Waals surface area contributed by atoms with Gasteiger partial charge in [0.05, 0.1) is 13.7 Å². The summed E-state index contributed by atoms with van der Waals surface area (Å²) in [5.74, 6) is -0.887. The summed E-state index contributed by atoms with van der Waals surface area (Å²) in [6.45, 7) is -0.492. The second kappa shape index (κ2) is 7.17. The Morgan fingerprint density at radius 1 is 1.53 bits per heavy atom. The van der Waals surface area contributed by atoms with Crippen LogP contribution in [0.1, 0.15) is 5.56 Å². The van der Waals surface area contributed by atoms with Crippen LogP contribution < -0.4 is 15.4 Å². The highest BCUT2D eigenvalue weighted by Gasteiger charge is 2.18. The second-order valence-corrected chi connectivity index (χ2v) is 3.61. The molecular formula is C11H15N3O5. The van der Waals surface area contributed by atoms with E-state index in [0.29, 0.717) is 5.88 Å². The van der Waals surface area contributed by atoms with E-state index in [4.69, 9.17) is 14.9 Å². The lowest BCUT2D eigenvalue weighted by atomic mass is 10.2. The van der Waals surface area contributed by atoms with Crippen molar-refractivity contribution in [1.29, 1.82) is 0 Å². The van der Waals surface area contributed by atoms with Crippen LogP contribution in [0.5, 0.6) is 5.88 Å². The third-order valence-corrected chi connectivity index (χ3v) is 2.25. The quantitative estimate of drug-likeness (QED) is 0.544. The smallest absolute Gasteiger partial charge is 0.328 e. The van der Waals surface area contributed by atoms with Gasteiger partial charge in [-0.05, 0) is 11.6 Å². The molecule has 0 radical (unpaired) electrons. The van der Waals surface area contributed by atoms with Gasteiger partial charge < -0.3 is 25.6 Å². The molecule has 104 valence electrons. The highest BCUT2D eigenvalue weighted by atomic mass is 16.5. The van der Waals surface area contributed by atoms with E-state index in [9.17, 15) is 9.59 Å². The maximum Gasteiger partial charge on any atom is 0.328 e. The van der Waals surface area contributed by atoms with Crippen LogP contribution in [0.25, 0.3) is 0 Å². The first-order chi connectivity index (χ1) is 9.06. The van der Waals surface area contributed by atoms with E-state index in [2.05, 4.69) is 15.6 Å². The lowest BCUT2D eigenvalue weighted by molar-refractivity contribution is -0.140. The van der Waals surface area contributed by atoms with Crippen LogP contribution in [0.2, 0.25) is 0 Å². The fourth-order valence-electron chi connectivity index (χ4n) is 1.25. The van der Waals surface area contributed by atoms with Crippen LogP contribution in [0.3, 0.4) is 0 Å². The van der Waals surface area contributed by atoms with Gasteiger partial charge in [-0.1, -0.05) is 0 Å². The Bertz CT molecular complexity index is 452. The predicted octanol–water partition coefficient (Wildman–Crippen LogP) is -0.665. The van der Waals surface area contributed by atoms with Gasteiger partial charge in [-0.2, -0.15) is 0 Å². The number of amides is 2. The number of urea groups is 1. The summed E-state index contributed by atoms with van der Waals surface area (Å²) in [5.41, 5.74) is 0.748. The summed E-state index contributed by atoms with van der Waals surface area (Å²) < 4.78 is 4.92. The molecule has 0 aliphatic carbocycles. The molecule has 0 spiro atoms. The van der Waals surface area contributed by atoms with E-state index in [-0.39, 0.29) is 6.54 Å². The van der Waals surface area contributed by atoms with Gasteiger partial charge in [-0.3, -0.25) is 0 Å². The molecule has 2 amide bonds. The molecule has 4 N–H and O–H groups in total. The number of aliphatic hydroxyl groups excluding tert-OH is 1. The molecule has 1 aromatic rings. The molecule has 1 rings (SSSR count). The molecule has 0 bridgehead atoms. The van der Waals surface area contributed by atoms with Crippen molar-refractivity contribution in [3.8, 4) is 5.88 Å². The van der Waals surface area contributed by atoms with Crippen LogP contribution >= 0.6 is 0 Å². The Labute approximate surface area is 109 Å². The standard InChI is InChI=1S/C11H15N3O5/c1-19-9-4-7(2-3-12-9)5-13-11(18)14-8(6-15)10(16)17/h2-4,8,15H,5-6H2,1H3,(H,16,17)(H2,13,14,18). The number of carboxylic acids is 1. The van der Waals surface area contributed by atoms with Crippen LogP contribution in [-0.4, -0.2) is 47.0 Å². The Morgan fingerprint density at radius 3 is 2.84 bits per heavy atom. The monoisotopic (exact) mass is 269 g/mol. The Hall–Kier alpha value is -2.35. The molecule has 19 heavy (non-hydrogen) atoms. The summed E-state index contributed by atoms with van der Waals surface area (Å²) >= 11 is 0. The van der Waals surface area contributed by atoms with E-state index >= 15 is 0 Å². The van der Waals surface area contributed by atoms with Crippen molar-refractivity contribution in [2.45, 2.75) is 12.6 Å². The molecule has 0 saturated carbocycles. The minimum atomic E-state index is -1.33. The number of nitrogens with zero attached hydrogens (tertiary/aromatic N) is 1. The first-order valence-corrected chi connectivity index (χ1v) is 5.43. The highest BCUT2D eigenvalue weighted by Crippen LogP contribution is 2.07. The zero-order valence-electron chi connectivity index (χ0n) is 10.3. The van der Waals surface area contributed by atoms with Crippen LogP contribution in [-0.2, 0) is 11.3 Å². The summed E-state index contributed by atoms with van der Waals surface area (Å²) in [5, 5.41) is 22.0. The van der Waals surface area contributed by atoms with Gasteiger partial charge in [-0.25, -0.2) is 14.6 Å². The number of rotatable bonds is 6. The topological polar surface area (TPSA) is 121 Å². The van der Waals surface area contributed by atoms with Gasteiger partial charge in [0.25, 0.3) is 0 Å². The van der Waals surface area contributed by atoms with Crippen molar-refractivity contribution < 1.29 is 24.5 Å². The molecule has 0 fully saturated rings. The number of carbonyl (C=O) groups excluding carboxylic acids is 1. The Kier molecular flexibility index (Phi) is 5.55. The van der Waals surface area contributed by atoms with Crippen molar-refractivity contribution in [1.82, 2.24) is 15.6 Å². The van der Waals surface area contributed by atoms with Gasteiger partial charge >= 0.3 is 12.0 Å². The van der Waals surface area contributed by atoms with Crippen molar-refractivity contribution in [3.63, 3.8) is 0 Å². The third-order valence-electron chi connectivity index (χ3n) is 2.25. The molecule has 1 unspecified atom stereocenters. The molecule has 0 aliphatic heterocycles. The normalized spacial score (nSPS) is 11.5. The molecule has 8 heteroatoms. The Balaban J connectivity index is 2.47. The van der Waals surface area contributed by atoms with Crippen molar-refractivity contribution in [2.24, 2.45) is 0 Å². The molecule has 1 aromatic heterocycles. The molecule has 8 nitrogen and oxygen atoms in total. The molecule has 0 saturated heterocycles. The predicted molar refractivity (Wildman–Crippen MR) is 64.7 cm³/mol. The second-order valence-electron chi connectivity index (χ2n) is 3.61. The molecular weight excluding hydrogens is 254 g/mol. The number of aliphatic hydroxyl groups is 1. The van der Waals surface area contributed by atoms with E-state index in [0.717, 1.165) is 5.56 Å². The third kappa shape index (κ3) is 4.80. The van der Waals surface area contributed by atoms with Crippen molar-refractivity contribution in [3.05, 3.63) is 23.9 Å². The van der Waals surface area contributed by atoms with Gasteiger partial charge in [0.2, 0.25) is 5.88 Å². The number of hydrogen-bond donors (Lipinski definition) is 4. The van der Waals surface area contributed by atoms with E-state index in [1.165, 1.54) is 13.3 Å². The SMILES string of the molecule is COc1cc(CNC(=O)NC(CO)C(=O)O)ccn1. The molecule has 1 heterocycles. The van der Waals surface area contributed by atoms with E-state index < -0.39 is 24.6 Å². The van der Waals surface area contributed by atoms with Crippen LogP contribution in [0, 0.1) is 0 Å². The molecule has 0 aliphatic rings. The van der Waals surface area contributed by atoms with Crippen LogP contribution in [0.15, 0.2) is 18.3 Å². The first kappa shape index (κ1) is 14.7. The molecule has 1 atom stereocenters. The minimum absolute atomic E-state index is 0.183. The van der Waals surface area contributed by atoms with Crippen LogP contribution in [0.4, 0.5) is 4.79 Å². The largest absolute Gasteiger partial charge is 0.481 e. The zero-order valence-corrected chi connectivity index (χ0v) is 10.3. The maximum absolute atomic E-state index is 11.4. The summed E-state index contributed by atoms with van der Waals surface area (Å²) in [6.07, 6.45) is 1.53. The fourth-order valence-corrected chi connectivity index (χ4v) is 1.25. The average molecular weight is 269 g/mol. The van der Waals surface area contributed by atoms with E-state index in [1.54, 1.807) is 12.1 Å². The number of aliphatic carboxylic acids is 1. The molecule has 0 aromatic carbocycles. The van der Waals surface area contributed by atoms with Gasteiger partial charge in [0, 0.05) is 18.8 Å². The average Bonchev–Trinajstić information content (AvgIpc) is 2.42. The number of nitrogens with one attached hydrogen (secondary N) is 2. The minimum Gasteiger partial charge on any atom is -0.481 e. The Morgan fingerprint density at radius 2 is 2.26 bits per heavy atom. The van der Waals surface area contributed by atoms with Gasteiger partial charge in [-0.15, -0.1) is 0 Å². The summed E-state index contributed by atoms with van der Waals surface area (Å²) in [4.78, 5) is 25.9. The number of aromatic nitrogens is 1. The summed E-state index contributed by atoms with van der Waals surface area (Å²) in [6, 6.07) is 1.31. The number of carbonyl (C=O) groups is 2. The van der Waals surface area contributed by atoms with Crippen molar-refractivity contribution >= 4 is 12.0 Å². The number of carboxylic acid groups (broad SMARTS) is 1. The maximum atomic E-state index is 11.4. The van der Waals surface area contributed by atoms with Crippen molar-refractivity contribution in [2.75, 3.05) is 13.7 Å². The lowest BCUT2D eigenvalue weighted by Crippen LogP contribution is -2.47. The fraction of sp³-hybridized carbons (Fsp3) is 0.364. The summed E-state index contributed by atoms with van der Waals surface area (Å²) in [7, 11) is 1.48. The van der Waals surface area contributed by atoms with Gasteiger partial charge in [0.15, 0.2) is 6.04 Å². The number of ether oxygens (including phenoxy) is 1. The number of hydrogen-bond acceptors (Lipinski definition) is 5. The lowest BCUT2D eigenvalue weighted by Gasteiger charge is -2.12.